The Labute approximate surface area is 77.6 Å². The van der Waals surface area contributed by atoms with E-state index >= 15 is 0 Å². The molecule has 1 fully saturated rings. The third-order valence-electron chi connectivity index (χ3n) is 2.27. The van der Waals surface area contributed by atoms with E-state index in [1.165, 1.54) is 13.3 Å². The lowest BCUT2D eigenvalue weighted by atomic mass is 9.98. The lowest BCUT2D eigenvalue weighted by Crippen LogP contribution is -2.24. The average molecular weight is 185 g/mol. The van der Waals surface area contributed by atoms with Crippen molar-refractivity contribution in [2.75, 3.05) is 0 Å². The van der Waals surface area contributed by atoms with Crippen LogP contribution in [-0.2, 0) is 9.53 Å². The topological polar surface area (TPSA) is 58.9 Å². The highest BCUT2D eigenvalue weighted by Gasteiger charge is 2.19. The number of hydrogen-bond acceptors (Lipinski definition) is 4. The first kappa shape index (κ1) is 10.0. The van der Waals surface area contributed by atoms with Crippen molar-refractivity contribution in [3.8, 4) is 0 Å². The number of carbonyl (C=O) groups is 1. The molecule has 1 aliphatic rings. The molecule has 74 valence electrons. The van der Waals surface area contributed by atoms with Crippen molar-refractivity contribution in [1.82, 2.24) is 0 Å². The van der Waals surface area contributed by atoms with E-state index < -0.39 is 5.97 Å². The molecule has 0 saturated heterocycles. The van der Waals surface area contributed by atoms with E-state index in [-0.39, 0.29) is 11.8 Å². The molecule has 1 saturated carbocycles. The third-order valence-corrected chi connectivity index (χ3v) is 2.27. The van der Waals surface area contributed by atoms with Crippen LogP contribution in [-0.4, -0.2) is 23.0 Å². The smallest absolute Gasteiger partial charge is 0.356 e. The van der Waals surface area contributed by atoms with Crippen molar-refractivity contribution in [2.24, 2.45) is 5.16 Å². The Morgan fingerprint density at radius 1 is 1.38 bits per heavy atom. The second-order valence-corrected chi connectivity index (χ2v) is 3.35. The summed E-state index contributed by atoms with van der Waals surface area (Å²) in [5, 5.41) is 11.1. The highest BCUT2D eigenvalue weighted by atomic mass is 16.5. The molecule has 1 aliphatic carbocycles. The zero-order valence-corrected chi connectivity index (χ0v) is 7.82. The zero-order valence-electron chi connectivity index (χ0n) is 7.82. The Morgan fingerprint density at radius 2 is 2.00 bits per heavy atom. The molecule has 0 aromatic carbocycles. The molecule has 0 atom stereocenters. The second-order valence-electron chi connectivity index (χ2n) is 3.35. The van der Waals surface area contributed by atoms with Crippen molar-refractivity contribution in [2.45, 2.75) is 45.1 Å². The van der Waals surface area contributed by atoms with Gasteiger partial charge in [0.15, 0.2) is 5.71 Å². The molecular formula is C9H15NO3. The van der Waals surface area contributed by atoms with Crippen LogP contribution in [0.1, 0.15) is 39.0 Å². The lowest BCUT2D eigenvalue weighted by Gasteiger charge is -2.21. The number of oxime groups is 1. The fourth-order valence-electron chi connectivity index (χ4n) is 1.46. The number of nitrogens with zero attached hydrogens (tertiary/aromatic N) is 1. The van der Waals surface area contributed by atoms with Crippen LogP contribution < -0.4 is 0 Å². The fourth-order valence-corrected chi connectivity index (χ4v) is 1.46. The van der Waals surface area contributed by atoms with E-state index in [4.69, 9.17) is 9.94 Å². The quantitative estimate of drug-likeness (QED) is 0.308. The Morgan fingerprint density at radius 3 is 2.54 bits per heavy atom. The first-order chi connectivity index (χ1) is 6.24. The lowest BCUT2D eigenvalue weighted by molar-refractivity contribution is -0.142. The van der Waals surface area contributed by atoms with Crippen molar-refractivity contribution in [3.05, 3.63) is 0 Å². The van der Waals surface area contributed by atoms with Gasteiger partial charge in [-0.3, -0.25) is 0 Å². The molecule has 0 unspecified atom stereocenters. The third kappa shape index (κ3) is 3.05. The summed E-state index contributed by atoms with van der Waals surface area (Å²) in [7, 11) is 0. The number of carbonyl (C=O) groups excluding carboxylic acids is 1. The minimum absolute atomic E-state index is 0.0190. The molecule has 0 aromatic heterocycles. The van der Waals surface area contributed by atoms with Crippen molar-refractivity contribution >= 4 is 11.7 Å². The minimum atomic E-state index is -0.505. The van der Waals surface area contributed by atoms with Gasteiger partial charge in [0.05, 0.1) is 0 Å². The number of ether oxygens (including phenoxy) is 1. The first-order valence-electron chi connectivity index (χ1n) is 4.63. The van der Waals surface area contributed by atoms with Gasteiger partial charge in [-0.05, 0) is 32.6 Å². The van der Waals surface area contributed by atoms with Gasteiger partial charge in [-0.1, -0.05) is 11.6 Å². The van der Waals surface area contributed by atoms with Crippen molar-refractivity contribution < 1.29 is 14.7 Å². The van der Waals surface area contributed by atoms with E-state index in [1.54, 1.807) is 0 Å². The maximum absolute atomic E-state index is 11.1. The summed E-state index contributed by atoms with van der Waals surface area (Å²) in [6, 6.07) is 0. The molecule has 0 radical (unpaired) electrons. The van der Waals surface area contributed by atoms with Gasteiger partial charge in [0.1, 0.15) is 6.10 Å². The predicted molar refractivity (Wildman–Crippen MR) is 47.9 cm³/mol. The summed E-state index contributed by atoms with van der Waals surface area (Å²) in [6.07, 6.45) is 5.36. The van der Waals surface area contributed by atoms with Crippen LogP contribution in [0.25, 0.3) is 0 Å². The second kappa shape index (κ2) is 4.84. The van der Waals surface area contributed by atoms with Crippen LogP contribution in [0, 0.1) is 0 Å². The first-order valence-corrected chi connectivity index (χ1v) is 4.63. The van der Waals surface area contributed by atoms with E-state index in [9.17, 15) is 4.79 Å². The van der Waals surface area contributed by atoms with Gasteiger partial charge in [0.25, 0.3) is 0 Å². The van der Waals surface area contributed by atoms with Gasteiger partial charge in [0.2, 0.25) is 0 Å². The number of rotatable bonds is 2. The Hall–Kier alpha value is -1.06. The van der Waals surface area contributed by atoms with Gasteiger partial charge < -0.3 is 9.94 Å². The Balaban J connectivity index is 2.34. The zero-order chi connectivity index (χ0) is 9.68. The van der Waals surface area contributed by atoms with Crippen LogP contribution in [0.2, 0.25) is 0 Å². The van der Waals surface area contributed by atoms with E-state index in [2.05, 4.69) is 5.16 Å². The fraction of sp³-hybridized carbons (Fsp3) is 0.778. The van der Waals surface area contributed by atoms with Gasteiger partial charge in [0, 0.05) is 0 Å². The summed E-state index contributed by atoms with van der Waals surface area (Å²) in [6.45, 7) is 1.44. The van der Waals surface area contributed by atoms with Crippen molar-refractivity contribution in [3.63, 3.8) is 0 Å². The van der Waals surface area contributed by atoms with Gasteiger partial charge in [-0.2, -0.15) is 0 Å². The molecule has 0 amide bonds. The molecule has 4 heteroatoms. The molecule has 13 heavy (non-hydrogen) atoms. The van der Waals surface area contributed by atoms with Gasteiger partial charge in [-0.25, -0.2) is 4.79 Å². The van der Waals surface area contributed by atoms with E-state index in [1.807, 2.05) is 0 Å². The maximum atomic E-state index is 11.1. The van der Waals surface area contributed by atoms with Crippen molar-refractivity contribution in [1.29, 1.82) is 0 Å². The summed E-state index contributed by atoms with van der Waals surface area (Å²) in [5.74, 6) is -0.505. The average Bonchev–Trinajstić information content (AvgIpc) is 2.18. The Kier molecular flexibility index (Phi) is 3.73. The summed E-state index contributed by atoms with van der Waals surface area (Å²) in [5.41, 5.74) is 0.0190. The van der Waals surface area contributed by atoms with Crippen LogP contribution in [0.5, 0.6) is 0 Å². The SMILES string of the molecule is C/C(=N\O)C(=O)OC1CCCCC1. The molecule has 0 bridgehead atoms. The van der Waals surface area contributed by atoms with Crippen LogP contribution in [0.3, 0.4) is 0 Å². The van der Waals surface area contributed by atoms with Crippen LogP contribution >= 0.6 is 0 Å². The molecule has 0 spiro atoms. The molecule has 4 nitrogen and oxygen atoms in total. The summed E-state index contributed by atoms with van der Waals surface area (Å²) < 4.78 is 5.11. The predicted octanol–water partition coefficient (Wildman–Crippen LogP) is 1.71. The monoisotopic (exact) mass is 185 g/mol. The standard InChI is InChI=1S/C9H15NO3/c1-7(10-12)9(11)13-8-5-3-2-4-6-8/h8,12H,2-6H2,1H3/b10-7+. The number of esters is 1. The molecular weight excluding hydrogens is 170 g/mol. The maximum Gasteiger partial charge on any atom is 0.356 e. The minimum Gasteiger partial charge on any atom is -0.458 e. The highest BCUT2D eigenvalue weighted by molar-refractivity contribution is 6.35. The summed E-state index contributed by atoms with van der Waals surface area (Å²) in [4.78, 5) is 11.1. The largest absolute Gasteiger partial charge is 0.458 e. The molecule has 1 N–H and O–H groups in total. The van der Waals surface area contributed by atoms with Crippen LogP contribution in [0.4, 0.5) is 0 Å². The molecule has 0 aliphatic heterocycles. The Bertz CT molecular complexity index is 207. The highest BCUT2D eigenvalue weighted by Crippen LogP contribution is 2.20. The normalized spacial score (nSPS) is 19.9. The molecule has 1 rings (SSSR count). The van der Waals surface area contributed by atoms with E-state index in [0.29, 0.717) is 0 Å². The van der Waals surface area contributed by atoms with Crippen LogP contribution in [0.15, 0.2) is 5.16 Å². The van der Waals surface area contributed by atoms with E-state index in [0.717, 1.165) is 25.7 Å². The van der Waals surface area contributed by atoms with Gasteiger partial charge >= 0.3 is 5.97 Å². The van der Waals surface area contributed by atoms with Gasteiger partial charge in [-0.15, -0.1) is 0 Å². The molecule has 0 heterocycles. The molecule has 0 aromatic rings. The summed E-state index contributed by atoms with van der Waals surface area (Å²) >= 11 is 0. The number of hydrogen-bond donors (Lipinski definition) is 1.